The Morgan fingerprint density at radius 2 is 2.08 bits per heavy atom. The number of carbonyl (C=O) groups is 1. The van der Waals surface area contributed by atoms with Gasteiger partial charge in [-0.3, -0.25) is 4.79 Å². The lowest BCUT2D eigenvalue weighted by Crippen LogP contribution is -2.35. The molecular weight excluding hydrogens is 152 g/mol. The molecule has 2 heteroatoms. The molecule has 0 aliphatic heterocycles. The Morgan fingerprint density at radius 3 is 2.42 bits per heavy atom. The highest BCUT2D eigenvalue weighted by atomic mass is 16.3. The van der Waals surface area contributed by atoms with Crippen LogP contribution in [0.3, 0.4) is 0 Å². The first-order chi connectivity index (χ1) is 5.63. The molecule has 0 radical (unpaired) electrons. The summed E-state index contributed by atoms with van der Waals surface area (Å²) in [5.41, 5.74) is -0.568. The molecule has 0 heterocycles. The van der Waals surface area contributed by atoms with E-state index in [0.29, 0.717) is 18.3 Å². The van der Waals surface area contributed by atoms with Crippen molar-refractivity contribution in [3.8, 4) is 0 Å². The van der Waals surface area contributed by atoms with Gasteiger partial charge in [0.05, 0.1) is 5.60 Å². The van der Waals surface area contributed by atoms with Gasteiger partial charge in [-0.1, -0.05) is 0 Å². The Bertz CT molecular complexity index is 245. The molecule has 0 amide bonds. The monoisotopic (exact) mass is 166 g/mol. The Kier molecular flexibility index (Phi) is 1.04. The maximum Gasteiger partial charge on any atom is 0.132 e. The van der Waals surface area contributed by atoms with Gasteiger partial charge in [-0.15, -0.1) is 0 Å². The summed E-state index contributed by atoms with van der Waals surface area (Å²) in [5.74, 6) is 2.70. The third kappa shape index (κ3) is 0.598. The minimum atomic E-state index is -0.568. The third-order valence-corrected chi connectivity index (χ3v) is 4.26. The Hall–Kier alpha value is -0.370. The molecule has 4 rings (SSSR count). The van der Waals surface area contributed by atoms with Crippen LogP contribution in [-0.4, -0.2) is 16.5 Å². The number of hydrogen-bond acceptors (Lipinski definition) is 2. The molecule has 4 fully saturated rings. The molecule has 0 aromatic rings. The molecule has 66 valence electrons. The molecule has 4 saturated carbocycles. The van der Waals surface area contributed by atoms with Crippen LogP contribution in [0.15, 0.2) is 0 Å². The van der Waals surface area contributed by atoms with Crippen LogP contribution in [0.2, 0.25) is 0 Å². The van der Waals surface area contributed by atoms with E-state index in [4.69, 9.17) is 0 Å². The van der Waals surface area contributed by atoms with Gasteiger partial charge in [-0.05, 0) is 43.4 Å². The minimum absolute atomic E-state index is 0.149. The zero-order valence-electron chi connectivity index (χ0n) is 7.29. The van der Waals surface area contributed by atoms with Gasteiger partial charge in [0.1, 0.15) is 5.78 Å². The second kappa shape index (κ2) is 1.77. The molecule has 2 nitrogen and oxygen atoms in total. The van der Waals surface area contributed by atoms with E-state index in [9.17, 15) is 9.90 Å². The number of Topliss-reactive ketones (excluding diaryl/α,β-unsaturated/α-hetero) is 1. The summed E-state index contributed by atoms with van der Waals surface area (Å²) in [6.45, 7) is 1.59. The highest BCUT2D eigenvalue weighted by molar-refractivity contribution is 5.77. The predicted molar refractivity (Wildman–Crippen MR) is 43.4 cm³/mol. The molecule has 4 aliphatic rings. The first kappa shape index (κ1) is 7.07. The molecule has 1 N–H and O–H groups in total. The second-order valence-electron chi connectivity index (χ2n) is 4.89. The van der Waals surface area contributed by atoms with Crippen LogP contribution in [0.5, 0.6) is 0 Å². The van der Waals surface area contributed by atoms with Crippen LogP contribution in [0, 0.1) is 23.7 Å². The van der Waals surface area contributed by atoms with Gasteiger partial charge in [0, 0.05) is 6.42 Å². The summed E-state index contributed by atoms with van der Waals surface area (Å²) in [7, 11) is 0. The van der Waals surface area contributed by atoms with Crippen molar-refractivity contribution in [3.05, 3.63) is 0 Å². The number of aliphatic hydroxyl groups is 1. The minimum Gasteiger partial charge on any atom is -0.389 e. The Labute approximate surface area is 72.0 Å². The Morgan fingerprint density at radius 1 is 1.50 bits per heavy atom. The fourth-order valence-corrected chi connectivity index (χ4v) is 3.92. The van der Waals surface area contributed by atoms with E-state index >= 15 is 0 Å². The third-order valence-electron chi connectivity index (χ3n) is 4.26. The number of carbonyl (C=O) groups excluding carboxylic acids is 1. The van der Waals surface area contributed by atoms with Gasteiger partial charge >= 0.3 is 0 Å². The summed E-state index contributed by atoms with van der Waals surface area (Å²) < 4.78 is 0. The average molecular weight is 166 g/mol. The fraction of sp³-hybridized carbons (Fsp3) is 0.900. The highest BCUT2D eigenvalue weighted by Crippen LogP contribution is 2.75. The summed E-state index contributed by atoms with van der Waals surface area (Å²) in [6, 6.07) is 0. The molecule has 4 aliphatic carbocycles. The lowest BCUT2D eigenvalue weighted by molar-refractivity contribution is -0.123. The van der Waals surface area contributed by atoms with Crippen LogP contribution in [-0.2, 0) is 4.79 Å². The van der Waals surface area contributed by atoms with Gasteiger partial charge in [0.25, 0.3) is 0 Å². The average Bonchev–Trinajstić information content (AvgIpc) is 2.33. The fourth-order valence-electron chi connectivity index (χ4n) is 3.92. The predicted octanol–water partition coefficient (Wildman–Crippen LogP) is 0.982. The number of ketones is 1. The summed E-state index contributed by atoms with van der Waals surface area (Å²) in [5, 5.41) is 10.3. The SMILES string of the molecule is CC(=O)C[C@@]1(O)C2CC3C1[C@H]3C2. The van der Waals surface area contributed by atoms with Crippen molar-refractivity contribution in [1.82, 2.24) is 0 Å². The molecule has 4 bridgehead atoms. The number of hydrogen-bond donors (Lipinski definition) is 1. The first-order valence-corrected chi connectivity index (χ1v) is 4.85. The lowest BCUT2D eigenvalue weighted by Gasteiger charge is -2.25. The first-order valence-electron chi connectivity index (χ1n) is 4.85. The lowest BCUT2D eigenvalue weighted by atomic mass is 9.88. The van der Waals surface area contributed by atoms with Crippen LogP contribution in [0.25, 0.3) is 0 Å². The van der Waals surface area contributed by atoms with Crippen molar-refractivity contribution >= 4 is 5.78 Å². The summed E-state index contributed by atoms with van der Waals surface area (Å²) in [6.07, 6.45) is 2.80. The van der Waals surface area contributed by atoms with E-state index in [2.05, 4.69) is 0 Å². The van der Waals surface area contributed by atoms with E-state index < -0.39 is 5.60 Å². The van der Waals surface area contributed by atoms with Gasteiger partial charge < -0.3 is 5.11 Å². The van der Waals surface area contributed by atoms with Crippen molar-refractivity contribution in [3.63, 3.8) is 0 Å². The molecule has 0 spiro atoms. The van der Waals surface area contributed by atoms with Gasteiger partial charge in [0.15, 0.2) is 0 Å². The normalized spacial score (nSPS) is 59.2. The van der Waals surface area contributed by atoms with Crippen molar-refractivity contribution in [2.75, 3.05) is 0 Å². The summed E-state index contributed by atoms with van der Waals surface area (Å²) in [4.78, 5) is 11.0. The smallest absolute Gasteiger partial charge is 0.132 e. The van der Waals surface area contributed by atoms with E-state index in [1.54, 1.807) is 6.92 Å². The van der Waals surface area contributed by atoms with Crippen molar-refractivity contribution in [1.29, 1.82) is 0 Å². The zero-order chi connectivity index (χ0) is 8.51. The van der Waals surface area contributed by atoms with E-state index in [1.165, 1.54) is 12.8 Å². The standard InChI is InChI=1S/C10H14O2/c1-5(11)4-10(12)6-2-7-8(3-6)9(7)10/h6-9,12H,2-4H2,1H3/t6?,7-,8?,9?,10+/m0/s1. The van der Waals surface area contributed by atoms with Crippen LogP contribution < -0.4 is 0 Å². The van der Waals surface area contributed by atoms with Crippen molar-refractivity contribution in [2.24, 2.45) is 23.7 Å². The van der Waals surface area contributed by atoms with Gasteiger partial charge in [-0.2, -0.15) is 0 Å². The van der Waals surface area contributed by atoms with Gasteiger partial charge in [0.2, 0.25) is 0 Å². The zero-order valence-corrected chi connectivity index (χ0v) is 7.29. The number of rotatable bonds is 2. The van der Waals surface area contributed by atoms with Crippen molar-refractivity contribution < 1.29 is 9.90 Å². The quantitative estimate of drug-likeness (QED) is 0.664. The topological polar surface area (TPSA) is 37.3 Å². The molecule has 12 heavy (non-hydrogen) atoms. The molecule has 5 atom stereocenters. The van der Waals surface area contributed by atoms with Crippen molar-refractivity contribution in [2.45, 2.75) is 31.8 Å². The molecule has 0 aromatic carbocycles. The Balaban J connectivity index is 1.88. The van der Waals surface area contributed by atoms with Crippen LogP contribution in [0.4, 0.5) is 0 Å². The maximum absolute atomic E-state index is 11.0. The van der Waals surface area contributed by atoms with E-state index in [0.717, 1.165) is 11.8 Å². The highest BCUT2D eigenvalue weighted by Gasteiger charge is 2.75. The van der Waals surface area contributed by atoms with E-state index in [-0.39, 0.29) is 5.78 Å². The molecule has 0 aromatic heterocycles. The maximum atomic E-state index is 11.0. The van der Waals surface area contributed by atoms with Gasteiger partial charge in [-0.25, -0.2) is 0 Å². The van der Waals surface area contributed by atoms with Crippen LogP contribution in [0.1, 0.15) is 26.2 Å². The summed E-state index contributed by atoms with van der Waals surface area (Å²) >= 11 is 0. The molecule has 0 saturated heterocycles. The second-order valence-corrected chi connectivity index (χ2v) is 4.89. The molecule has 3 unspecified atom stereocenters. The largest absolute Gasteiger partial charge is 0.389 e. The van der Waals surface area contributed by atoms with E-state index in [1.807, 2.05) is 0 Å². The molecular formula is C10H14O2. The van der Waals surface area contributed by atoms with Crippen LogP contribution >= 0.6 is 0 Å².